The number of rotatable bonds is 7. The molecule has 0 spiro atoms. The Bertz CT molecular complexity index is 564. The number of nitrogens with one attached hydrogen (secondary N) is 1. The second-order valence-electron chi connectivity index (χ2n) is 4.89. The molecule has 2 aromatic heterocycles. The number of hydrogen-bond acceptors (Lipinski definition) is 3. The van der Waals surface area contributed by atoms with Crippen molar-refractivity contribution in [3.63, 3.8) is 0 Å². The Morgan fingerprint density at radius 2 is 2.05 bits per heavy atom. The van der Waals surface area contributed by atoms with Gasteiger partial charge in [-0.05, 0) is 20.3 Å². The van der Waals surface area contributed by atoms with E-state index in [1.165, 1.54) is 4.68 Å². The van der Waals surface area contributed by atoms with Gasteiger partial charge in [0.25, 0.3) is 0 Å². The van der Waals surface area contributed by atoms with Gasteiger partial charge >= 0.3 is 0 Å². The van der Waals surface area contributed by atoms with Crippen molar-refractivity contribution >= 4 is 12.4 Å². The second-order valence-corrected chi connectivity index (χ2v) is 4.89. The van der Waals surface area contributed by atoms with Crippen molar-refractivity contribution in [2.45, 2.75) is 53.4 Å². The summed E-state index contributed by atoms with van der Waals surface area (Å²) >= 11 is 0. The monoisotopic (exact) mass is 315 g/mol. The lowest BCUT2D eigenvalue weighted by molar-refractivity contribution is 0.460. The summed E-state index contributed by atoms with van der Waals surface area (Å²) in [7, 11) is 0. The van der Waals surface area contributed by atoms with Crippen LogP contribution in [0.5, 0.6) is 0 Å². The van der Waals surface area contributed by atoms with Crippen molar-refractivity contribution in [3.05, 3.63) is 35.2 Å². The fourth-order valence-electron chi connectivity index (χ4n) is 2.18. The van der Waals surface area contributed by atoms with Gasteiger partial charge in [-0.3, -0.25) is 4.68 Å². The number of aromatic nitrogens is 4. The molecule has 21 heavy (non-hydrogen) atoms. The Kier molecular flexibility index (Phi) is 6.84. The Hall–Kier alpha value is -1.40. The lowest BCUT2D eigenvalue weighted by Gasteiger charge is -2.02. The van der Waals surface area contributed by atoms with Crippen LogP contribution < -0.4 is 5.32 Å². The molecule has 1 N–H and O–H groups in total. The zero-order valence-electron chi connectivity index (χ0n) is 12.8. The molecule has 0 saturated heterocycles. The zero-order chi connectivity index (χ0) is 14.5. The summed E-state index contributed by atoms with van der Waals surface area (Å²) in [4.78, 5) is 0. The molecule has 118 valence electrons. The summed E-state index contributed by atoms with van der Waals surface area (Å²) in [5.74, 6) is -0.237. The molecule has 0 saturated carbocycles. The second kappa shape index (κ2) is 8.14. The first kappa shape index (κ1) is 17.7. The summed E-state index contributed by atoms with van der Waals surface area (Å²) in [5.41, 5.74) is 2.51. The third-order valence-corrected chi connectivity index (χ3v) is 3.25. The SMILES string of the molecule is CCCn1cc(CNCc2c(C)nn(CC)c2F)cn1.Cl. The molecular weight excluding hydrogens is 293 g/mol. The van der Waals surface area contributed by atoms with E-state index in [4.69, 9.17) is 0 Å². The van der Waals surface area contributed by atoms with E-state index in [2.05, 4.69) is 22.4 Å². The van der Waals surface area contributed by atoms with E-state index in [-0.39, 0.29) is 18.4 Å². The van der Waals surface area contributed by atoms with Crippen LogP contribution in [0.4, 0.5) is 4.39 Å². The molecule has 2 aromatic rings. The molecule has 0 unspecified atom stereocenters. The first-order chi connectivity index (χ1) is 9.65. The van der Waals surface area contributed by atoms with Gasteiger partial charge in [0.15, 0.2) is 0 Å². The molecule has 0 aliphatic carbocycles. The van der Waals surface area contributed by atoms with Gasteiger partial charge in [0, 0.05) is 43.5 Å². The first-order valence-corrected chi connectivity index (χ1v) is 7.09. The van der Waals surface area contributed by atoms with Gasteiger partial charge < -0.3 is 5.32 Å². The van der Waals surface area contributed by atoms with Crippen LogP contribution in [-0.4, -0.2) is 19.6 Å². The van der Waals surface area contributed by atoms with Gasteiger partial charge in [-0.15, -0.1) is 12.4 Å². The van der Waals surface area contributed by atoms with E-state index in [0.29, 0.717) is 25.2 Å². The molecule has 5 nitrogen and oxygen atoms in total. The van der Waals surface area contributed by atoms with Crippen LogP contribution in [-0.2, 0) is 26.2 Å². The predicted octanol–water partition coefficient (Wildman–Crippen LogP) is 2.67. The Labute approximate surface area is 130 Å². The zero-order valence-corrected chi connectivity index (χ0v) is 13.6. The molecule has 0 aliphatic heterocycles. The van der Waals surface area contributed by atoms with Crippen molar-refractivity contribution in [3.8, 4) is 0 Å². The van der Waals surface area contributed by atoms with E-state index in [9.17, 15) is 4.39 Å². The average Bonchev–Trinajstić information content (AvgIpc) is 2.98. The van der Waals surface area contributed by atoms with E-state index >= 15 is 0 Å². The summed E-state index contributed by atoms with van der Waals surface area (Å²) in [6.07, 6.45) is 4.94. The van der Waals surface area contributed by atoms with Crippen molar-refractivity contribution in [2.75, 3.05) is 0 Å². The molecule has 0 bridgehead atoms. The number of nitrogens with zero attached hydrogens (tertiary/aromatic N) is 4. The number of hydrogen-bond donors (Lipinski definition) is 1. The third kappa shape index (κ3) is 4.28. The van der Waals surface area contributed by atoms with Crippen molar-refractivity contribution in [1.29, 1.82) is 0 Å². The molecular formula is C14H23ClFN5. The van der Waals surface area contributed by atoms with Crippen LogP contribution in [0.1, 0.15) is 37.1 Å². The maximum Gasteiger partial charge on any atom is 0.216 e. The number of aryl methyl sites for hydroxylation is 3. The summed E-state index contributed by atoms with van der Waals surface area (Å²) in [6, 6.07) is 0. The van der Waals surface area contributed by atoms with Gasteiger partial charge in [0.05, 0.1) is 11.9 Å². The molecule has 7 heteroatoms. The topological polar surface area (TPSA) is 47.7 Å². The summed E-state index contributed by atoms with van der Waals surface area (Å²) < 4.78 is 17.3. The minimum atomic E-state index is -0.237. The molecule has 0 radical (unpaired) electrons. The van der Waals surface area contributed by atoms with Crippen LogP contribution in [0.25, 0.3) is 0 Å². The highest BCUT2D eigenvalue weighted by atomic mass is 35.5. The molecule has 0 aliphatic rings. The van der Waals surface area contributed by atoms with E-state index < -0.39 is 0 Å². The predicted molar refractivity (Wildman–Crippen MR) is 82.9 cm³/mol. The highest BCUT2D eigenvalue weighted by molar-refractivity contribution is 5.85. The molecule has 0 atom stereocenters. The van der Waals surface area contributed by atoms with Gasteiger partial charge in [-0.1, -0.05) is 6.92 Å². The van der Waals surface area contributed by atoms with Crippen LogP contribution in [0.2, 0.25) is 0 Å². The molecule has 2 heterocycles. The maximum atomic E-state index is 14.0. The Balaban J connectivity index is 0.00000220. The van der Waals surface area contributed by atoms with E-state index in [1.54, 1.807) is 0 Å². The van der Waals surface area contributed by atoms with Crippen LogP contribution in [0.3, 0.4) is 0 Å². The molecule has 0 aromatic carbocycles. The standard InChI is InChI=1S/C14H22FN5.ClH/c1-4-6-19-10-12(8-17-19)7-16-9-13-11(3)18-20(5-2)14(13)15;/h8,10,16H,4-7,9H2,1-3H3;1H. The van der Waals surface area contributed by atoms with Gasteiger partial charge in [-0.25, -0.2) is 4.68 Å². The molecule has 0 amide bonds. The fraction of sp³-hybridized carbons (Fsp3) is 0.571. The first-order valence-electron chi connectivity index (χ1n) is 7.09. The lowest BCUT2D eigenvalue weighted by atomic mass is 10.2. The van der Waals surface area contributed by atoms with E-state index in [1.807, 2.05) is 30.9 Å². The quantitative estimate of drug-likeness (QED) is 0.854. The maximum absolute atomic E-state index is 14.0. The van der Waals surface area contributed by atoms with Crippen molar-refractivity contribution < 1.29 is 4.39 Å². The lowest BCUT2D eigenvalue weighted by Crippen LogP contribution is -2.14. The highest BCUT2D eigenvalue weighted by Gasteiger charge is 2.13. The van der Waals surface area contributed by atoms with Crippen LogP contribution >= 0.6 is 12.4 Å². The Morgan fingerprint density at radius 3 is 2.67 bits per heavy atom. The van der Waals surface area contributed by atoms with Crippen molar-refractivity contribution in [2.24, 2.45) is 0 Å². The van der Waals surface area contributed by atoms with Gasteiger partial charge in [0.1, 0.15) is 0 Å². The van der Waals surface area contributed by atoms with Gasteiger partial charge in [-0.2, -0.15) is 14.6 Å². The minimum Gasteiger partial charge on any atom is -0.308 e. The molecule has 0 fully saturated rings. The minimum absolute atomic E-state index is 0. The van der Waals surface area contributed by atoms with E-state index in [0.717, 1.165) is 24.2 Å². The smallest absolute Gasteiger partial charge is 0.216 e. The van der Waals surface area contributed by atoms with Gasteiger partial charge in [0.2, 0.25) is 5.95 Å². The number of halogens is 2. The average molecular weight is 316 g/mol. The fourth-order valence-corrected chi connectivity index (χ4v) is 2.18. The van der Waals surface area contributed by atoms with Crippen molar-refractivity contribution in [1.82, 2.24) is 24.9 Å². The summed E-state index contributed by atoms with van der Waals surface area (Å²) in [6.45, 7) is 8.49. The molecule has 2 rings (SSSR count). The van der Waals surface area contributed by atoms with Crippen LogP contribution in [0.15, 0.2) is 12.4 Å². The normalized spacial score (nSPS) is 10.7. The Morgan fingerprint density at radius 1 is 1.29 bits per heavy atom. The summed E-state index contributed by atoms with van der Waals surface area (Å²) in [5, 5.41) is 11.7. The largest absolute Gasteiger partial charge is 0.308 e. The van der Waals surface area contributed by atoms with Crippen LogP contribution in [0, 0.1) is 12.9 Å². The third-order valence-electron chi connectivity index (χ3n) is 3.25. The highest BCUT2D eigenvalue weighted by Crippen LogP contribution is 2.12.